The first-order valence-electron chi connectivity index (χ1n) is 5.88. The summed E-state index contributed by atoms with van der Waals surface area (Å²) in [6.45, 7) is 6.33. The zero-order chi connectivity index (χ0) is 12.0. The lowest BCUT2D eigenvalue weighted by molar-refractivity contribution is 0.0524. The van der Waals surface area contributed by atoms with Gasteiger partial charge in [0.25, 0.3) is 0 Å². The van der Waals surface area contributed by atoms with Crippen molar-refractivity contribution in [2.75, 3.05) is 6.61 Å². The minimum absolute atomic E-state index is 0.269. The van der Waals surface area contributed by atoms with E-state index >= 15 is 0 Å². The van der Waals surface area contributed by atoms with Crippen LogP contribution in [0.5, 0.6) is 0 Å². The maximum absolute atomic E-state index is 11.6. The molecule has 0 atom stereocenters. The minimum atomic E-state index is -0.269. The zero-order valence-electron chi connectivity index (χ0n) is 10.2. The molecule has 1 aromatic heterocycles. The van der Waals surface area contributed by atoms with Crippen LogP contribution in [0.2, 0.25) is 0 Å². The van der Waals surface area contributed by atoms with Crippen LogP contribution in [0.3, 0.4) is 0 Å². The second-order valence-corrected chi connectivity index (χ2v) is 3.62. The summed E-state index contributed by atoms with van der Waals surface area (Å²) in [6, 6.07) is 3.74. The smallest absolute Gasteiger partial charge is 0.339 e. The molecule has 0 aliphatic carbocycles. The van der Waals surface area contributed by atoms with Gasteiger partial charge < -0.3 is 4.74 Å². The molecule has 1 aromatic rings. The molecule has 0 unspecified atom stereocenters. The number of hydrogen-bond donors (Lipinski definition) is 0. The Balaban J connectivity index is 2.96. The largest absolute Gasteiger partial charge is 0.462 e. The highest BCUT2D eigenvalue weighted by Gasteiger charge is 2.12. The number of pyridine rings is 1. The van der Waals surface area contributed by atoms with Gasteiger partial charge in [0.05, 0.1) is 17.9 Å². The number of ether oxygens (including phenoxy) is 1. The van der Waals surface area contributed by atoms with Crippen LogP contribution in [0.15, 0.2) is 12.1 Å². The van der Waals surface area contributed by atoms with Crippen molar-refractivity contribution in [1.29, 1.82) is 0 Å². The highest BCUT2D eigenvalue weighted by Crippen LogP contribution is 2.11. The number of rotatable bonds is 5. The molecule has 0 bridgehead atoms. The Morgan fingerprint density at radius 2 is 2.06 bits per heavy atom. The standard InChI is InChI=1S/C13H19NO2/c1-4-7-10-8-9-11(12(5-2)14-10)13(15)16-6-3/h8-9H,4-7H2,1-3H3. The predicted octanol–water partition coefficient (Wildman–Crippen LogP) is 2.77. The molecule has 0 radical (unpaired) electrons. The summed E-state index contributed by atoms with van der Waals surface area (Å²) < 4.78 is 4.99. The maximum atomic E-state index is 11.6. The molecule has 1 rings (SSSR count). The van der Waals surface area contributed by atoms with E-state index in [2.05, 4.69) is 11.9 Å². The van der Waals surface area contributed by atoms with Crippen molar-refractivity contribution >= 4 is 5.97 Å². The normalized spacial score (nSPS) is 10.2. The van der Waals surface area contributed by atoms with Crippen LogP contribution in [0.4, 0.5) is 0 Å². The molecule has 3 heteroatoms. The molecule has 1 heterocycles. The number of aryl methyl sites for hydroxylation is 2. The summed E-state index contributed by atoms with van der Waals surface area (Å²) >= 11 is 0. The van der Waals surface area contributed by atoms with Gasteiger partial charge in [0.15, 0.2) is 0 Å². The van der Waals surface area contributed by atoms with Crippen molar-refractivity contribution in [3.05, 3.63) is 29.1 Å². The topological polar surface area (TPSA) is 39.2 Å². The van der Waals surface area contributed by atoms with Crippen LogP contribution >= 0.6 is 0 Å². The van der Waals surface area contributed by atoms with Crippen molar-refractivity contribution in [3.63, 3.8) is 0 Å². The van der Waals surface area contributed by atoms with E-state index in [1.807, 2.05) is 26.0 Å². The molecule has 0 fully saturated rings. The maximum Gasteiger partial charge on any atom is 0.339 e. The number of nitrogens with zero attached hydrogens (tertiary/aromatic N) is 1. The molecule has 0 saturated heterocycles. The molecule has 0 aromatic carbocycles. The summed E-state index contributed by atoms with van der Waals surface area (Å²) in [4.78, 5) is 16.1. The predicted molar refractivity (Wildman–Crippen MR) is 63.6 cm³/mol. The van der Waals surface area contributed by atoms with Gasteiger partial charge in [-0.2, -0.15) is 0 Å². The van der Waals surface area contributed by atoms with Gasteiger partial charge in [-0.3, -0.25) is 4.98 Å². The summed E-state index contributed by atoms with van der Waals surface area (Å²) in [5.41, 5.74) is 2.49. The van der Waals surface area contributed by atoms with Gasteiger partial charge in [-0.15, -0.1) is 0 Å². The molecule has 3 nitrogen and oxygen atoms in total. The Bertz CT molecular complexity index is 361. The second-order valence-electron chi connectivity index (χ2n) is 3.62. The van der Waals surface area contributed by atoms with Crippen LogP contribution in [0.1, 0.15) is 48.9 Å². The highest BCUT2D eigenvalue weighted by molar-refractivity contribution is 5.90. The summed E-state index contributed by atoms with van der Waals surface area (Å²) in [5, 5.41) is 0. The monoisotopic (exact) mass is 221 g/mol. The molecule has 0 spiro atoms. The fourth-order valence-electron chi connectivity index (χ4n) is 1.61. The molecular weight excluding hydrogens is 202 g/mol. The lowest BCUT2D eigenvalue weighted by Gasteiger charge is -2.08. The van der Waals surface area contributed by atoms with Crippen LogP contribution in [-0.4, -0.2) is 17.6 Å². The molecule has 0 aliphatic heterocycles. The van der Waals surface area contributed by atoms with Crippen LogP contribution in [-0.2, 0) is 17.6 Å². The van der Waals surface area contributed by atoms with E-state index in [1.165, 1.54) is 0 Å². The van der Waals surface area contributed by atoms with Crippen LogP contribution < -0.4 is 0 Å². The van der Waals surface area contributed by atoms with E-state index in [-0.39, 0.29) is 5.97 Å². The summed E-state index contributed by atoms with van der Waals surface area (Å²) in [6.07, 6.45) is 2.77. The fourth-order valence-corrected chi connectivity index (χ4v) is 1.61. The number of aromatic nitrogens is 1. The molecule has 0 N–H and O–H groups in total. The third-order valence-electron chi connectivity index (χ3n) is 2.37. The molecule has 0 saturated carbocycles. The van der Waals surface area contributed by atoms with Crippen molar-refractivity contribution in [1.82, 2.24) is 4.98 Å². The van der Waals surface area contributed by atoms with Gasteiger partial charge in [-0.1, -0.05) is 20.3 Å². The Morgan fingerprint density at radius 3 is 2.62 bits per heavy atom. The molecular formula is C13H19NO2. The molecule has 88 valence electrons. The van der Waals surface area contributed by atoms with Gasteiger partial charge in [0, 0.05) is 5.69 Å². The fraction of sp³-hybridized carbons (Fsp3) is 0.538. The van der Waals surface area contributed by atoms with Crippen LogP contribution in [0, 0.1) is 0 Å². The van der Waals surface area contributed by atoms with Crippen molar-refractivity contribution in [2.24, 2.45) is 0 Å². The van der Waals surface area contributed by atoms with Crippen molar-refractivity contribution in [2.45, 2.75) is 40.0 Å². The van der Waals surface area contributed by atoms with E-state index in [4.69, 9.17) is 4.74 Å². The first-order chi connectivity index (χ1) is 7.72. The van der Waals surface area contributed by atoms with E-state index in [0.717, 1.165) is 30.7 Å². The molecule has 0 aliphatic rings. The minimum Gasteiger partial charge on any atom is -0.462 e. The second kappa shape index (κ2) is 6.26. The Hall–Kier alpha value is -1.38. The van der Waals surface area contributed by atoms with E-state index in [9.17, 15) is 4.79 Å². The highest BCUT2D eigenvalue weighted by atomic mass is 16.5. The number of carbonyl (C=O) groups is 1. The third-order valence-corrected chi connectivity index (χ3v) is 2.37. The summed E-state index contributed by atoms with van der Waals surface area (Å²) in [7, 11) is 0. The number of esters is 1. The molecule has 16 heavy (non-hydrogen) atoms. The Kier molecular flexibility index (Phi) is 4.96. The van der Waals surface area contributed by atoms with Gasteiger partial charge in [0.2, 0.25) is 0 Å². The quantitative estimate of drug-likeness (QED) is 0.718. The van der Waals surface area contributed by atoms with E-state index in [0.29, 0.717) is 12.2 Å². The van der Waals surface area contributed by atoms with Gasteiger partial charge in [0.1, 0.15) is 0 Å². The van der Waals surface area contributed by atoms with Crippen molar-refractivity contribution in [3.8, 4) is 0 Å². The number of carbonyl (C=O) groups excluding carboxylic acids is 1. The average molecular weight is 221 g/mol. The van der Waals surface area contributed by atoms with Crippen LogP contribution in [0.25, 0.3) is 0 Å². The van der Waals surface area contributed by atoms with E-state index < -0.39 is 0 Å². The zero-order valence-corrected chi connectivity index (χ0v) is 10.2. The molecule has 0 amide bonds. The van der Waals surface area contributed by atoms with Crippen molar-refractivity contribution < 1.29 is 9.53 Å². The lowest BCUT2D eigenvalue weighted by atomic mass is 10.1. The lowest BCUT2D eigenvalue weighted by Crippen LogP contribution is -2.10. The number of hydrogen-bond acceptors (Lipinski definition) is 3. The Morgan fingerprint density at radius 1 is 1.31 bits per heavy atom. The summed E-state index contributed by atoms with van der Waals surface area (Å²) in [5.74, 6) is -0.269. The third kappa shape index (κ3) is 3.05. The first kappa shape index (κ1) is 12.7. The first-order valence-corrected chi connectivity index (χ1v) is 5.88. The van der Waals surface area contributed by atoms with Gasteiger partial charge in [-0.05, 0) is 31.9 Å². The van der Waals surface area contributed by atoms with Gasteiger partial charge >= 0.3 is 5.97 Å². The SMILES string of the molecule is CCCc1ccc(C(=O)OCC)c(CC)n1. The average Bonchev–Trinajstić information content (AvgIpc) is 2.29. The Labute approximate surface area is 96.8 Å². The van der Waals surface area contributed by atoms with Gasteiger partial charge in [-0.25, -0.2) is 4.79 Å². The van der Waals surface area contributed by atoms with E-state index in [1.54, 1.807) is 0 Å².